The van der Waals surface area contributed by atoms with Crippen molar-refractivity contribution in [2.75, 3.05) is 33.3 Å². The van der Waals surface area contributed by atoms with Gasteiger partial charge < -0.3 is 14.5 Å². The van der Waals surface area contributed by atoms with Gasteiger partial charge in [0.25, 0.3) is 0 Å². The molecule has 2 amide bonds. The van der Waals surface area contributed by atoms with Crippen molar-refractivity contribution in [3.8, 4) is 0 Å². The number of amides is 2. The molecule has 0 spiro atoms. The molecule has 0 N–H and O–H groups in total. The highest BCUT2D eigenvalue weighted by molar-refractivity contribution is 5.78. The number of piperidine rings is 1. The van der Waals surface area contributed by atoms with Gasteiger partial charge in [0.1, 0.15) is 6.61 Å². The van der Waals surface area contributed by atoms with E-state index in [2.05, 4.69) is 0 Å². The molecule has 18 heavy (non-hydrogen) atoms. The summed E-state index contributed by atoms with van der Waals surface area (Å²) in [6, 6.07) is 0. The highest BCUT2D eigenvalue weighted by Crippen LogP contribution is 2.24. The van der Waals surface area contributed by atoms with Crippen LogP contribution in [-0.4, -0.2) is 61.0 Å². The first kappa shape index (κ1) is 13.3. The minimum atomic E-state index is 0.0335. The van der Waals surface area contributed by atoms with Crippen LogP contribution < -0.4 is 0 Å². The first-order valence-electron chi connectivity index (χ1n) is 6.63. The second kappa shape index (κ2) is 5.26. The summed E-state index contributed by atoms with van der Waals surface area (Å²) in [4.78, 5) is 27.2. The summed E-state index contributed by atoms with van der Waals surface area (Å²) in [5.41, 5.74) is 0. The Morgan fingerprint density at radius 2 is 2.11 bits per heavy atom. The summed E-state index contributed by atoms with van der Waals surface area (Å²) in [5.74, 6) is 0.517. The Bertz CT molecular complexity index is 343. The number of hydrogen-bond donors (Lipinski definition) is 0. The van der Waals surface area contributed by atoms with Crippen molar-refractivity contribution >= 4 is 11.8 Å². The van der Waals surface area contributed by atoms with E-state index in [0.29, 0.717) is 13.1 Å². The lowest BCUT2D eigenvalue weighted by Gasteiger charge is -2.38. The van der Waals surface area contributed by atoms with Crippen LogP contribution in [0.5, 0.6) is 0 Å². The number of carbonyl (C=O) groups is 2. The Labute approximate surface area is 108 Å². The van der Waals surface area contributed by atoms with Crippen molar-refractivity contribution in [3.63, 3.8) is 0 Å². The molecule has 2 heterocycles. The minimum Gasteiger partial charge on any atom is -0.368 e. The fourth-order valence-electron chi connectivity index (χ4n) is 2.71. The molecule has 0 aromatic heterocycles. The number of nitrogens with zero attached hydrogens (tertiary/aromatic N) is 2. The predicted molar refractivity (Wildman–Crippen MR) is 66.9 cm³/mol. The number of likely N-dealkylation sites (tertiary alicyclic amines) is 1. The number of fused-ring (bicyclic) bond motifs is 1. The zero-order valence-electron chi connectivity index (χ0n) is 11.4. The Morgan fingerprint density at radius 3 is 2.78 bits per heavy atom. The van der Waals surface area contributed by atoms with E-state index in [1.54, 1.807) is 11.9 Å². The van der Waals surface area contributed by atoms with Crippen LogP contribution in [0.1, 0.15) is 20.3 Å². The van der Waals surface area contributed by atoms with Gasteiger partial charge in [-0.3, -0.25) is 9.59 Å². The van der Waals surface area contributed by atoms with Crippen molar-refractivity contribution < 1.29 is 14.3 Å². The van der Waals surface area contributed by atoms with Gasteiger partial charge in [-0.15, -0.1) is 0 Å². The maximum Gasteiger partial charge on any atom is 0.248 e. The molecule has 102 valence electrons. The summed E-state index contributed by atoms with van der Waals surface area (Å²) < 4.78 is 5.65. The highest BCUT2D eigenvalue weighted by atomic mass is 16.5. The second-order valence-corrected chi connectivity index (χ2v) is 5.61. The lowest BCUT2D eigenvalue weighted by atomic mass is 9.93. The number of likely N-dealkylation sites (N-methyl/N-ethyl adjacent to an activating group) is 1. The molecular weight excluding hydrogens is 232 g/mol. The molecule has 0 aromatic rings. The molecule has 2 atom stereocenters. The van der Waals surface area contributed by atoms with E-state index in [1.165, 1.54) is 0 Å². The molecule has 2 aliphatic heterocycles. The summed E-state index contributed by atoms with van der Waals surface area (Å²) in [6.45, 7) is 6.16. The summed E-state index contributed by atoms with van der Waals surface area (Å²) >= 11 is 0. The van der Waals surface area contributed by atoms with E-state index < -0.39 is 0 Å². The molecule has 2 fully saturated rings. The molecule has 0 saturated carbocycles. The first-order chi connectivity index (χ1) is 8.49. The standard InChI is InChI=1S/C13H22N2O3/c1-9(2)13(17)15-5-4-11-10(7-15)6-14(3)12(16)8-18-11/h9-11H,4-8H2,1-3H3/t10-,11-/m0/s1. The number of hydrogen-bond acceptors (Lipinski definition) is 3. The third kappa shape index (κ3) is 2.66. The third-order valence-electron chi connectivity index (χ3n) is 3.82. The molecule has 0 radical (unpaired) electrons. The van der Waals surface area contributed by atoms with E-state index >= 15 is 0 Å². The summed E-state index contributed by atoms with van der Waals surface area (Å²) in [5, 5.41) is 0. The van der Waals surface area contributed by atoms with Gasteiger partial charge in [-0.2, -0.15) is 0 Å². The Kier molecular flexibility index (Phi) is 3.90. The van der Waals surface area contributed by atoms with Crippen molar-refractivity contribution in [3.05, 3.63) is 0 Å². The van der Waals surface area contributed by atoms with Crippen molar-refractivity contribution in [2.45, 2.75) is 26.4 Å². The van der Waals surface area contributed by atoms with Crippen LogP contribution in [0, 0.1) is 11.8 Å². The van der Waals surface area contributed by atoms with E-state index in [-0.39, 0.29) is 36.4 Å². The topological polar surface area (TPSA) is 49.9 Å². The second-order valence-electron chi connectivity index (χ2n) is 5.61. The van der Waals surface area contributed by atoms with E-state index in [1.807, 2.05) is 18.7 Å². The molecule has 2 rings (SSSR count). The average molecular weight is 254 g/mol. The van der Waals surface area contributed by atoms with E-state index in [4.69, 9.17) is 4.74 Å². The molecule has 2 saturated heterocycles. The van der Waals surface area contributed by atoms with Crippen molar-refractivity contribution in [1.82, 2.24) is 9.80 Å². The normalized spacial score (nSPS) is 29.2. The van der Waals surface area contributed by atoms with Gasteiger partial charge in [0, 0.05) is 38.5 Å². The highest BCUT2D eigenvalue weighted by Gasteiger charge is 2.36. The minimum absolute atomic E-state index is 0.0335. The molecule has 0 bridgehead atoms. The Morgan fingerprint density at radius 1 is 1.39 bits per heavy atom. The lowest BCUT2D eigenvalue weighted by Crippen LogP contribution is -2.49. The van der Waals surface area contributed by atoms with Crippen LogP contribution in [0.15, 0.2) is 0 Å². The number of ether oxygens (including phenoxy) is 1. The van der Waals surface area contributed by atoms with Gasteiger partial charge in [0.05, 0.1) is 6.10 Å². The van der Waals surface area contributed by atoms with Gasteiger partial charge >= 0.3 is 0 Å². The Balaban J connectivity index is 2.03. The van der Waals surface area contributed by atoms with Crippen molar-refractivity contribution in [1.29, 1.82) is 0 Å². The van der Waals surface area contributed by atoms with Crippen LogP contribution in [0.25, 0.3) is 0 Å². The fraction of sp³-hybridized carbons (Fsp3) is 0.846. The SMILES string of the molecule is CC(C)C(=O)N1CC[C@@H]2OCC(=O)N(C)C[C@H]2C1. The third-order valence-corrected chi connectivity index (χ3v) is 3.82. The zero-order valence-corrected chi connectivity index (χ0v) is 11.4. The lowest BCUT2D eigenvalue weighted by molar-refractivity contribution is -0.140. The fourth-order valence-corrected chi connectivity index (χ4v) is 2.71. The smallest absolute Gasteiger partial charge is 0.248 e. The van der Waals surface area contributed by atoms with Crippen LogP contribution in [0.4, 0.5) is 0 Å². The first-order valence-corrected chi connectivity index (χ1v) is 6.63. The van der Waals surface area contributed by atoms with Crippen molar-refractivity contribution in [2.24, 2.45) is 11.8 Å². The van der Waals surface area contributed by atoms with Crippen LogP contribution in [0.2, 0.25) is 0 Å². The average Bonchev–Trinajstić information content (AvgIpc) is 2.48. The van der Waals surface area contributed by atoms with Crippen LogP contribution >= 0.6 is 0 Å². The van der Waals surface area contributed by atoms with Gasteiger partial charge in [-0.05, 0) is 6.42 Å². The largest absolute Gasteiger partial charge is 0.368 e. The summed E-state index contributed by atoms with van der Waals surface area (Å²) in [6.07, 6.45) is 0.958. The van der Waals surface area contributed by atoms with Gasteiger partial charge in [0.2, 0.25) is 11.8 Å². The Hall–Kier alpha value is -1.10. The maximum absolute atomic E-state index is 12.0. The molecule has 2 aliphatic rings. The molecular formula is C13H22N2O3. The number of carbonyl (C=O) groups excluding carboxylic acids is 2. The predicted octanol–water partition coefficient (Wildman–Crippen LogP) is 0.348. The molecule has 0 aliphatic carbocycles. The zero-order chi connectivity index (χ0) is 13.3. The molecule has 5 nitrogen and oxygen atoms in total. The maximum atomic E-state index is 12.0. The summed E-state index contributed by atoms with van der Waals surface area (Å²) in [7, 11) is 1.80. The van der Waals surface area contributed by atoms with Gasteiger partial charge in [-0.1, -0.05) is 13.8 Å². The van der Waals surface area contributed by atoms with Gasteiger partial charge in [0.15, 0.2) is 0 Å². The molecule has 5 heteroatoms. The quantitative estimate of drug-likeness (QED) is 0.678. The van der Waals surface area contributed by atoms with E-state index in [0.717, 1.165) is 13.0 Å². The van der Waals surface area contributed by atoms with Gasteiger partial charge in [-0.25, -0.2) is 0 Å². The molecule has 0 aromatic carbocycles. The molecule has 0 unspecified atom stereocenters. The van der Waals surface area contributed by atoms with Crippen LogP contribution in [0.3, 0.4) is 0 Å². The monoisotopic (exact) mass is 254 g/mol. The van der Waals surface area contributed by atoms with Crippen LogP contribution in [-0.2, 0) is 14.3 Å². The van der Waals surface area contributed by atoms with E-state index in [9.17, 15) is 9.59 Å². The number of rotatable bonds is 1.